The fraction of sp³-hybridized carbons (Fsp3) is 0.727. The summed E-state index contributed by atoms with van der Waals surface area (Å²) in [6.45, 7) is 4.74. The van der Waals surface area contributed by atoms with Crippen molar-refractivity contribution in [1.82, 2.24) is 25.0 Å². The molecule has 3 heterocycles. The van der Waals surface area contributed by atoms with Gasteiger partial charge in [-0.2, -0.15) is 5.10 Å². The molecule has 2 aliphatic rings. The van der Waals surface area contributed by atoms with Crippen LogP contribution in [0.2, 0.25) is 0 Å². The van der Waals surface area contributed by atoms with Gasteiger partial charge in [0.15, 0.2) is 0 Å². The maximum absolute atomic E-state index is 12.4. The van der Waals surface area contributed by atoms with Crippen LogP contribution in [0.3, 0.4) is 0 Å². The minimum absolute atomic E-state index is 0.159. The lowest BCUT2D eigenvalue weighted by Gasteiger charge is -2.26. The van der Waals surface area contributed by atoms with Gasteiger partial charge in [0, 0.05) is 25.7 Å². The van der Waals surface area contributed by atoms with Crippen LogP contribution in [-0.4, -0.2) is 51.2 Å². The van der Waals surface area contributed by atoms with Gasteiger partial charge in [0.1, 0.15) is 18.7 Å². The second-order valence-corrected chi connectivity index (χ2v) is 4.86. The summed E-state index contributed by atoms with van der Waals surface area (Å²) in [5, 5.41) is 7.39. The first kappa shape index (κ1) is 10.7. The van der Waals surface area contributed by atoms with E-state index < -0.39 is 0 Å². The van der Waals surface area contributed by atoms with Gasteiger partial charge in [-0.1, -0.05) is 0 Å². The Bertz CT molecular complexity index is 404. The third kappa shape index (κ3) is 1.72. The van der Waals surface area contributed by atoms with Gasteiger partial charge in [0.05, 0.1) is 0 Å². The van der Waals surface area contributed by atoms with E-state index >= 15 is 0 Å². The summed E-state index contributed by atoms with van der Waals surface area (Å²) in [4.78, 5) is 18.3. The van der Waals surface area contributed by atoms with E-state index in [0.29, 0.717) is 12.0 Å². The molecule has 6 heteroatoms. The largest absolute Gasteiger partial charge is 0.336 e. The zero-order valence-electron chi connectivity index (χ0n) is 9.91. The van der Waals surface area contributed by atoms with Gasteiger partial charge in [-0.3, -0.25) is 4.79 Å². The summed E-state index contributed by atoms with van der Waals surface area (Å²) < 4.78 is 1.62. The van der Waals surface area contributed by atoms with Crippen molar-refractivity contribution in [2.24, 2.45) is 5.92 Å². The molecule has 2 fully saturated rings. The van der Waals surface area contributed by atoms with Gasteiger partial charge in [0.2, 0.25) is 5.91 Å². The Morgan fingerprint density at radius 1 is 1.53 bits per heavy atom. The van der Waals surface area contributed by atoms with E-state index in [1.807, 2.05) is 11.8 Å². The molecule has 3 rings (SSSR count). The molecular formula is C11H17N5O. The lowest BCUT2D eigenvalue weighted by Crippen LogP contribution is -2.42. The summed E-state index contributed by atoms with van der Waals surface area (Å²) in [5.74, 6) is 0.800. The van der Waals surface area contributed by atoms with Crippen LogP contribution < -0.4 is 5.32 Å². The molecule has 1 aromatic heterocycles. The number of carbonyl (C=O) groups is 1. The number of nitrogens with zero attached hydrogens (tertiary/aromatic N) is 4. The van der Waals surface area contributed by atoms with Gasteiger partial charge in [-0.15, -0.1) is 0 Å². The van der Waals surface area contributed by atoms with Crippen LogP contribution in [-0.2, 0) is 4.79 Å². The van der Waals surface area contributed by atoms with Crippen LogP contribution in [0, 0.1) is 5.92 Å². The van der Waals surface area contributed by atoms with E-state index in [0.717, 1.165) is 26.1 Å². The molecule has 17 heavy (non-hydrogen) atoms. The van der Waals surface area contributed by atoms with Crippen molar-refractivity contribution in [2.75, 3.05) is 19.6 Å². The number of carbonyl (C=O) groups excluding carboxylic acids is 1. The molecule has 3 atom stereocenters. The molecule has 1 aromatic rings. The number of aromatic nitrogens is 3. The fourth-order valence-electron chi connectivity index (χ4n) is 2.89. The SMILES string of the molecule is CC(C(=O)N1CC[C@@H]2CNC[C@@H]21)n1cncn1. The third-order valence-electron chi connectivity index (χ3n) is 3.92. The zero-order chi connectivity index (χ0) is 11.8. The highest BCUT2D eigenvalue weighted by Crippen LogP contribution is 2.28. The lowest BCUT2D eigenvalue weighted by molar-refractivity contribution is -0.135. The third-order valence-corrected chi connectivity index (χ3v) is 3.92. The van der Waals surface area contributed by atoms with E-state index in [1.165, 1.54) is 6.33 Å². The maximum Gasteiger partial charge on any atom is 0.247 e. The van der Waals surface area contributed by atoms with Gasteiger partial charge < -0.3 is 10.2 Å². The van der Waals surface area contributed by atoms with Crippen molar-refractivity contribution < 1.29 is 4.79 Å². The Labute approximate surface area is 100 Å². The predicted molar refractivity (Wildman–Crippen MR) is 61.2 cm³/mol. The van der Waals surface area contributed by atoms with Crippen molar-refractivity contribution in [3.8, 4) is 0 Å². The summed E-state index contributed by atoms with van der Waals surface area (Å²) >= 11 is 0. The first-order chi connectivity index (χ1) is 8.27. The van der Waals surface area contributed by atoms with E-state index in [-0.39, 0.29) is 11.9 Å². The first-order valence-electron chi connectivity index (χ1n) is 6.12. The average Bonchev–Trinajstić information content (AvgIpc) is 3.03. The Morgan fingerprint density at radius 2 is 2.41 bits per heavy atom. The van der Waals surface area contributed by atoms with Crippen molar-refractivity contribution in [3.63, 3.8) is 0 Å². The maximum atomic E-state index is 12.4. The molecule has 0 saturated carbocycles. The van der Waals surface area contributed by atoms with Crippen LogP contribution in [0.4, 0.5) is 0 Å². The van der Waals surface area contributed by atoms with E-state index in [1.54, 1.807) is 11.0 Å². The number of nitrogens with one attached hydrogen (secondary N) is 1. The van der Waals surface area contributed by atoms with Crippen molar-refractivity contribution >= 4 is 5.91 Å². The Kier molecular flexibility index (Phi) is 2.58. The molecule has 0 radical (unpaired) electrons. The van der Waals surface area contributed by atoms with Gasteiger partial charge in [-0.25, -0.2) is 9.67 Å². The Balaban J connectivity index is 1.74. The number of amides is 1. The highest BCUT2D eigenvalue weighted by Gasteiger charge is 2.41. The molecule has 1 N–H and O–H groups in total. The molecule has 6 nitrogen and oxygen atoms in total. The molecule has 0 spiro atoms. The minimum Gasteiger partial charge on any atom is -0.336 e. The molecule has 92 valence electrons. The van der Waals surface area contributed by atoms with E-state index in [2.05, 4.69) is 15.4 Å². The topological polar surface area (TPSA) is 63.1 Å². The van der Waals surface area contributed by atoms with Crippen LogP contribution >= 0.6 is 0 Å². The number of hydrogen-bond donors (Lipinski definition) is 1. The second-order valence-electron chi connectivity index (χ2n) is 4.86. The van der Waals surface area contributed by atoms with Crippen molar-refractivity contribution in [1.29, 1.82) is 0 Å². The smallest absolute Gasteiger partial charge is 0.247 e. The van der Waals surface area contributed by atoms with Gasteiger partial charge in [-0.05, 0) is 19.3 Å². The van der Waals surface area contributed by atoms with E-state index in [4.69, 9.17) is 0 Å². The summed E-state index contributed by atoms with van der Waals surface area (Å²) in [7, 11) is 0. The second kappa shape index (κ2) is 4.10. The molecule has 2 saturated heterocycles. The molecule has 1 amide bonds. The van der Waals surface area contributed by atoms with Crippen molar-refractivity contribution in [3.05, 3.63) is 12.7 Å². The summed E-state index contributed by atoms with van der Waals surface area (Å²) in [5.41, 5.74) is 0. The molecule has 0 aliphatic carbocycles. The van der Waals surface area contributed by atoms with Crippen molar-refractivity contribution in [2.45, 2.75) is 25.4 Å². The number of fused-ring (bicyclic) bond motifs is 1. The van der Waals surface area contributed by atoms with Gasteiger partial charge >= 0.3 is 0 Å². The van der Waals surface area contributed by atoms with Gasteiger partial charge in [0.25, 0.3) is 0 Å². The number of likely N-dealkylation sites (tertiary alicyclic amines) is 1. The van der Waals surface area contributed by atoms with E-state index in [9.17, 15) is 4.79 Å². The average molecular weight is 235 g/mol. The van der Waals surface area contributed by atoms with Crippen LogP contribution in [0.25, 0.3) is 0 Å². The van der Waals surface area contributed by atoms with Crippen LogP contribution in [0.15, 0.2) is 12.7 Å². The molecule has 2 aliphatic heterocycles. The predicted octanol–water partition coefficient (Wildman–Crippen LogP) is -0.341. The number of hydrogen-bond acceptors (Lipinski definition) is 4. The monoisotopic (exact) mass is 235 g/mol. The zero-order valence-corrected chi connectivity index (χ0v) is 9.91. The molecule has 0 aromatic carbocycles. The normalized spacial score (nSPS) is 29.4. The Morgan fingerprint density at radius 3 is 3.18 bits per heavy atom. The Hall–Kier alpha value is -1.43. The standard InChI is InChI=1S/C11H17N5O/c1-8(16-7-13-6-14-16)11(17)15-3-2-9-4-12-5-10(9)15/h6-10,12H,2-5H2,1H3/t8?,9-,10+/m1/s1. The van der Waals surface area contributed by atoms with Crippen LogP contribution in [0.5, 0.6) is 0 Å². The highest BCUT2D eigenvalue weighted by molar-refractivity contribution is 5.80. The number of rotatable bonds is 2. The summed E-state index contributed by atoms with van der Waals surface area (Å²) in [6, 6.07) is 0.130. The fourth-order valence-corrected chi connectivity index (χ4v) is 2.89. The molecule has 1 unspecified atom stereocenters. The quantitative estimate of drug-likeness (QED) is 0.761. The molecular weight excluding hydrogens is 218 g/mol. The van der Waals surface area contributed by atoms with Crippen LogP contribution in [0.1, 0.15) is 19.4 Å². The minimum atomic E-state index is -0.253. The summed E-state index contributed by atoms with van der Waals surface area (Å²) in [6.07, 6.45) is 4.18. The highest BCUT2D eigenvalue weighted by atomic mass is 16.2. The first-order valence-corrected chi connectivity index (χ1v) is 6.12. The molecule has 0 bridgehead atoms. The lowest BCUT2D eigenvalue weighted by atomic mass is 10.1.